The van der Waals surface area contributed by atoms with E-state index in [0.29, 0.717) is 43.9 Å². The maximum absolute atomic E-state index is 13.8. The van der Waals surface area contributed by atoms with Crippen molar-refractivity contribution in [3.05, 3.63) is 82.2 Å². The van der Waals surface area contributed by atoms with Crippen LogP contribution in [-0.2, 0) is 19.1 Å². The highest BCUT2D eigenvalue weighted by molar-refractivity contribution is 6.06. The number of rotatable bonds is 5. The molecule has 1 fully saturated rings. The maximum atomic E-state index is 13.8. The minimum atomic E-state index is -4.68. The highest BCUT2D eigenvalue weighted by Crippen LogP contribution is 2.34. The first-order chi connectivity index (χ1) is 20.0. The highest BCUT2D eigenvalue weighted by Gasteiger charge is 2.33. The monoisotopic (exact) mass is 577 g/mol. The van der Waals surface area contributed by atoms with Crippen LogP contribution in [0.25, 0.3) is 11.0 Å². The van der Waals surface area contributed by atoms with Crippen LogP contribution in [-0.4, -0.2) is 76.6 Å². The molecule has 2 aliphatic heterocycles. The maximum Gasteiger partial charge on any atom is 0.416 e. The molecule has 4 heterocycles. The zero-order valence-corrected chi connectivity index (χ0v) is 23.3. The van der Waals surface area contributed by atoms with Gasteiger partial charge in [-0.25, -0.2) is 4.98 Å². The third-order valence-electron chi connectivity index (χ3n) is 7.93. The van der Waals surface area contributed by atoms with Crippen LogP contribution in [0.15, 0.2) is 48.7 Å². The number of hydrogen-bond acceptors (Lipinski definition) is 6. The third kappa shape index (κ3) is 5.54. The number of benzene rings is 2. The van der Waals surface area contributed by atoms with Crippen molar-refractivity contribution in [1.82, 2.24) is 25.0 Å². The number of piperazine rings is 1. The molecular weight excluding hydrogens is 547 g/mol. The van der Waals surface area contributed by atoms with Crippen LogP contribution in [0.2, 0.25) is 0 Å². The quantitative estimate of drug-likeness (QED) is 0.363. The molecule has 2 aliphatic rings. The summed E-state index contributed by atoms with van der Waals surface area (Å²) in [6.07, 6.45) is -2.09. The summed E-state index contributed by atoms with van der Waals surface area (Å²) in [6.45, 7) is 5.39. The number of fused-ring (bicyclic) bond motifs is 2. The molecule has 218 valence electrons. The lowest BCUT2D eigenvalue weighted by Crippen LogP contribution is -2.47. The molecule has 0 saturated carbocycles. The van der Waals surface area contributed by atoms with Crippen molar-refractivity contribution in [3.63, 3.8) is 0 Å². The lowest BCUT2D eigenvalue weighted by molar-refractivity contribution is -0.137. The first-order valence-corrected chi connectivity index (χ1v) is 13.7. The van der Waals surface area contributed by atoms with Crippen LogP contribution in [0.3, 0.4) is 0 Å². The van der Waals surface area contributed by atoms with Gasteiger partial charge in [-0.05, 0) is 67.9 Å². The number of nitrogens with zero attached hydrogens (tertiary/aromatic N) is 5. The van der Waals surface area contributed by atoms with Crippen molar-refractivity contribution in [1.29, 1.82) is 0 Å². The van der Waals surface area contributed by atoms with Gasteiger partial charge < -0.3 is 20.0 Å². The van der Waals surface area contributed by atoms with Gasteiger partial charge in [-0.1, -0.05) is 6.07 Å². The summed E-state index contributed by atoms with van der Waals surface area (Å²) >= 11 is 0. The second-order valence-corrected chi connectivity index (χ2v) is 10.9. The summed E-state index contributed by atoms with van der Waals surface area (Å²) in [5.41, 5.74) is 3.68. The van der Waals surface area contributed by atoms with E-state index in [1.54, 1.807) is 18.3 Å². The molecule has 0 aliphatic carbocycles. The Morgan fingerprint density at radius 3 is 2.55 bits per heavy atom. The smallest absolute Gasteiger partial charge is 0.367 e. The van der Waals surface area contributed by atoms with E-state index >= 15 is 0 Å². The number of alkyl halides is 3. The number of halogens is 3. The SMILES string of the molecule is Cc1[nH]nc2ncc(CN3CCc4ccc(C(=O)Nc5cc(C(=O)N6CCN(C)CC6)cc(C(F)(F)F)c5)cc43)cc12. The van der Waals surface area contributed by atoms with E-state index in [9.17, 15) is 22.8 Å². The van der Waals surface area contributed by atoms with Crippen molar-refractivity contribution < 1.29 is 22.8 Å². The standard InChI is InChI=1S/C30H30F3N7O2/c1-18-25-11-19(16-34-27(25)37-36-18)17-40-6-5-20-3-4-21(14-26(20)40)28(41)35-24-13-22(12-23(15-24)30(31,32)33)29(42)39-9-7-38(2)8-10-39/h3-4,11-16H,5-10,17H2,1-2H3,(H,35,41)(H,34,36,37). The number of anilines is 2. The Balaban J connectivity index is 1.23. The molecule has 9 nitrogen and oxygen atoms in total. The topological polar surface area (TPSA) is 97.5 Å². The summed E-state index contributed by atoms with van der Waals surface area (Å²) in [6, 6.07) is 10.4. The summed E-state index contributed by atoms with van der Waals surface area (Å²) in [7, 11) is 1.93. The number of carbonyl (C=O) groups excluding carboxylic acids is 2. The predicted octanol–water partition coefficient (Wildman–Crippen LogP) is 4.49. The van der Waals surface area contributed by atoms with E-state index < -0.39 is 23.6 Å². The van der Waals surface area contributed by atoms with Gasteiger partial charge in [0.2, 0.25) is 0 Å². The number of amides is 2. The van der Waals surface area contributed by atoms with Crippen molar-refractivity contribution in [2.75, 3.05) is 50.0 Å². The number of H-pyrrole nitrogens is 1. The van der Waals surface area contributed by atoms with Gasteiger partial charge in [-0.3, -0.25) is 14.7 Å². The lowest BCUT2D eigenvalue weighted by atomic mass is 10.1. The minimum Gasteiger partial charge on any atom is -0.367 e. The van der Waals surface area contributed by atoms with Crippen LogP contribution in [0.4, 0.5) is 24.5 Å². The molecule has 6 rings (SSSR count). The predicted molar refractivity (Wildman–Crippen MR) is 153 cm³/mol. The molecule has 4 aromatic rings. The number of likely N-dealkylation sites (N-methyl/N-ethyl adjacent to an activating group) is 1. The number of nitrogens with one attached hydrogen (secondary N) is 2. The average molecular weight is 578 g/mol. The number of hydrogen-bond donors (Lipinski definition) is 2. The first kappa shape index (κ1) is 27.7. The van der Waals surface area contributed by atoms with E-state index in [-0.39, 0.29) is 11.3 Å². The fraction of sp³-hybridized carbons (Fsp3) is 0.333. The Hall–Kier alpha value is -4.45. The molecule has 2 aromatic heterocycles. The van der Waals surface area contributed by atoms with Gasteiger partial charge in [0, 0.05) is 79.0 Å². The molecule has 0 atom stereocenters. The summed E-state index contributed by atoms with van der Waals surface area (Å²) in [5.74, 6) is -1.05. The van der Waals surface area contributed by atoms with Gasteiger partial charge in [0.05, 0.1) is 5.56 Å². The molecule has 0 spiro atoms. The zero-order chi connectivity index (χ0) is 29.6. The van der Waals surface area contributed by atoms with E-state index in [1.165, 1.54) is 11.0 Å². The normalized spacial score (nSPS) is 15.7. The lowest BCUT2D eigenvalue weighted by Gasteiger charge is -2.32. The molecule has 2 aromatic carbocycles. The second kappa shape index (κ2) is 10.8. The van der Waals surface area contributed by atoms with Crippen LogP contribution < -0.4 is 10.2 Å². The highest BCUT2D eigenvalue weighted by atomic mass is 19.4. The average Bonchev–Trinajstić information content (AvgIpc) is 3.54. The van der Waals surface area contributed by atoms with Crippen molar-refractivity contribution in [2.24, 2.45) is 0 Å². The molecule has 1 saturated heterocycles. The molecule has 0 radical (unpaired) electrons. The zero-order valence-electron chi connectivity index (χ0n) is 23.3. The van der Waals surface area contributed by atoms with Crippen molar-refractivity contribution in [2.45, 2.75) is 26.1 Å². The molecular formula is C30H30F3N7O2. The van der Waals surface area contributed by atoms with Crippen LogP contribution in [0.5, 0.6) is 0 Å². The summed E-state index contributed by atoms with van der Waals surface area (Å²) in [5, 5.41) is 10.7. The van der Waals surface area contributed by atoms with Gasteiger partial charge in [0.15, 0.2) is 5.65 Å². The van der Waals surface area contributed by atoms with Crippen molar-refractivity contribution in [3.8, 4) is 0 Å². The van der Waals surface area contributed by atoms with E-state index in [4.69, 9.17) is 0 Å². The Morgan fingerprint density at radius 1 is 1.00 bits per heavy atom. The third-order valence-corrected chi connectivity index (χ3v) is 7.93. The number of aryl methyl sites for hydroxylation is 1. The van der Waals surface area contributed by atoms with Crippen LogP contribution in [0.1, 0.15) is 43.1 Å². The van der Waals surface area contributed by atoms with E-state index in [0.717, 1.165) is 53.0 Å². The largest absolute Gasteiger partial charge is 0.416 e. The molecule has 42 heavy (non-hydrogen) atoms. The van der Waals surface area contributed by atoms with Gasteiger partial charge >= 0.3 is 6.18 Å². The Labute approximate surface area is 240 Å². The van der Waals surface area contributed by atoms with Gasteiger partial charge in [-0.2, -0.15) is 18.3 Å². The number of aromatic amines is 1. The molecule has 2 amide bonds. The molecule has 2 N–H and O–H groups in total. The number of carbonyl (C=O) groups is 2. The Bertz CT molecular complexity index is 1680. The fourth-order valence-electron chi connectivity index (χ4n) is 5.50. The van der Waals surface area contributed by atoms with Crippen molar-refractivity contribution >= 4 is 34.2 Å². The van der Waals surface area contributed by atoms with Gasteiger partial charge in [-0.15, -0.1) is 0 Å². The fourth-order valence-corrected chi connectivity index (χ4v) is 5.50. The summed E-state index contributed by atoms with van der Waals surface area (Å²) < 4.78 is 41.3. The molecule has 0 unspecified atom stereocenters. The minimum absolute atomic E-state index is 0.0838. The van der Waals surface area contributed by atoms with Gasteiger partial charge in [0.25, 0.3) is 11.8 Å². The van der Waals surface area contributed by atoms with Gasteiger partial charge in [0.1, 0.15) is 0 Å². The van der Waals surface area contributed by atoms with Crippen LogP contribution in [0, 0.1) is 6.92 Å². The van der Waals surface area contributed by atoms with E-state index in [2.05, 4.69) is 30.3 Å². The first-order valence-electron chi connectivity index (χ1n) is 13.7. The Kier molecular flexibility index (Phi) is 7.09. The van der Waals surface area contributed by atoms with Crippen LogP contribution >= 0.6 is 0 Å². The molecule has 0 bridgehead atoms. The Morgan fingerprint density at radius 2 is 1.79 bits per heavy atom. The number of pyridine rings is 1. The molecule has 12 heteroatoms. The second-order valence-electron chi connectivity index (χ2n) is 10.9. The summed E-state index contributed by atoms with van der Waals surface area (Å²) in [4.78, 5) is 36.5. The van der Waals surface area contributed by atoms with E-state index in [1.807, 2.05) is 26.1 Å². The number of aromatic nitrogens is 3.